The van der Waals surface area contributed by atoms with Crippen LogP contribution in [0.1, 0.15) is 43.6 Å². The van der Waals surface area contributed by atoms with Crippen LogP contribution in [-0.2, 0) is 19.4 Å². The van der Waals surface area contributed by atoms with E-state index in [2.05, 4.69) is 18.8 Å². The third kappa shape index (κ3) is 3.50. The van der Waals surface area contributed by atoms with Gasteiger partial charge in [-0.2, -0.15) is 0 Å². The number of benzene rings is 1. The Bertz CT molecular complexity index is 946. The molecule has 3 aromatic rings. The monoisotopic (exact) mass is 350 g/mol. The van der Waals surface area contributed by atoms with Crippen molar-refractivity contribution in [1.82, 2.24) is 9.55 Å². The zero-order valence-corrected chi connectivity index (χ0v) is 15.8. The van der Waals surface area contributed by atoms with Gasteiger partial charge in [0, 0.05) is 17.3 Å². The minimum atomic E-state index is 0.0524. The molecule has 1 aromatic carbocycles. The smallest absolute Gasteiger partial charge is 0.259 e. The Morgan fingerprint density at radius 3 is 2.50 bits per heavy atom. The largest absolute Gasteiger partial charge is 0.497 e. The van der Waals surface area contributed by atoms with Gasteiger partial charge in [-0.1, -0.05) is 32.8 Å². The Balaban J connectivity index is 2.29. The normalized spacial score (nSPS) is 11.0. The van der Waals surface area contributed by atoms with Gasteiger partial charge in [-0.15, -0.1) is 0 Å². The molecular weight excluding hydrogens is 324 g/mol. The van der Waals surface area contributed by atoms with E-state index in [9.17, 15) is 4.79 Å². The fourth-order valence-electron chi connectivity index (χ4n) is 3.55. The molecule has 4 nitrogen and oxygen atoms in total. The highest BCUT2D eigenvalue weighted by Gasteiger charge is 2.17. The molecule has 0 unspecified atom stereocenters. The van der Waals surface area contributed by atoms with Crippen molar-refractivity contribution in [3.05, 3.63) is 69.9 Å². The number of rotatable bonds is 7. The lowest BCUT2D eigenvalue weighted by Crippen LogP contribution is -2.27. The summed E-state index contributed by atoms with van der Waals surface area (Å²) >= 11 is 0. The van der Waals surface area contributed by atoms with E-state index in [1.165, 1.54) is 5.56 Å². The SMILES string of the molecule is CCCc1c(CCC)n(Cc2ccccn2)c(=O)c2ccc(OC)cc12. The third-order valence-electron chi connectivity index (χ3n) is 4.73. The van der Waals surface area contributed by atoms with Crippen molar-refractivity contribution in [2.24, 2.45) is 0 Å². The molecule has 0 spiro atoms. The Kier molecular flexibility index (Phi) is 5.71. The number of methoxy groups -OCH3 is 1. The highest BCUT2D eigenvalue weighted by molar-refractivity contribution is 5.87. The van der Waals surface area contributed by atoms with E-state index >= 15 is 0 Å². The number of aryl methyl sites for hydroxylation is 1. The van der Waals surface area contributed by atoms with E-state index in [-0.39, 0.29) is 5.56 Å². The Morgan fingerprint density at radius 2 is 1.85 bits per heavy atom. The van der Waals surface area contributed by atoms with Gasteiger partial charge in [0.15, 0.2) is 0 Å². The van der Waals surface area contributed by atoms with Crippen molar-refractivity contribution < 1.29 is 4.74 Å². The molecule has 136 valence electrons. The molecule has 0 atom stereocenters. The first-order chi connectivity index (χ1) is 12.7. The maximum absolute atomic E-state index is 13.3. The number of ether oxygens (including phenoxy) is 1. The minimum absolute atomic E-state index is 0.0524. The summed E-state index contributed by atoms with van der Waals surface area (Å²) in [6.45, 7) is 4.84. The lowest BCUT2D eigenvalue weighted by Gasteiger charge is -2.20. The van der Waals surface area contributed by atoms with Crippen LogP contribution in [0.5, 0.6) is 5.75 Å². The molecule has 0 saturated carbocycles. The van der Waals surface area contributed by atoms with Crippen LogP contribution in [0.3, 0.4) is 0 Å². The standard InChI is InChI=1S/C22H26N2O2/c1-4-8-18-20-14-17(26-3)11-12-19(20)22(25)24(21(18)9-5-2)15-16-10-6-7-13-23-16/h6-7,10-14H,4-5,8-9,15H2,1-3H3. The summed E-state index contributed by atoms with van der Waals surface area (Å²) in [6.07, 6.45) is 5.63. The average molecular weight is 350 g/mol. The lowest BCUT2D eigenvalue weighted by atomic mass is 9.97. The van der Waals surface area contributed by atoms with Crippen LogP contribution in [0.4, 0.5) is 0 Å². The Morgan fingerprint density at radius 1 is 1.04 bits per heavy atom. The highest BCUT2D eigenvalue weighted by atomic mass is 16.5. The summed E-state index contributed by atoms with van der Waals surface area (Å²) in [5, 5.41) is 1.78. The van der Waals surface area contributed by atoms with Crippen molar-refractivity contribution >= 4 is 10.8 Å². The second-order valence-corrected chi connectivity index (χ2v) is 6.55. The second-order valence-electron chi connectivity index (χ2n) is 6.55. The van der Waals surface area contributed by atoms with Gasteiger partial charge in [-0.25, -0.2) is 0 Å². The van der Waals surface area contributed by atoms with Crippen molar-refractivity contribution in [3.63, 3.8) is 0 Å². The zero-order valence-electron chi connectivity index (χ0n) is 15.8. The quantitative estimate of drug-likeness (QED) is 0.636. The van der Waals surface area contributed by atoms with Crippen molar-refractivity contribution in [2.75, 3.05) is 7.11 Å². The molecule has 0 N–H and O–H groups in total. The number of nitrogens with zero attached hydrogens (tertiary/aromatic N) is 2. The molecule has 26 heavy (non-hydrogen) atoms. The van der Waals surface area contributed by atoms with E-state index in [0.29, 0.717) is 6.54 Å². The van der Waals surface area contributed by atoms with Gasteiger partial charge in [-0.3, -0.25) is 9.78 Å². The van der Waals surface area contributed by atoms with Crippen LogP contribution in [0.15, 0.2) is 47.4 Å². The van der Waals surface area contributed by atoms with Crippen LogP contribution in [0, 0.1) is 0 Å². The molecule has 4 heteroatoms. The first-order valence-corrected chi connectivity index (χ1v) is 9.31. The molecular formula is C22H26N2O2. The molecule has 0 saturated heterocycles. The summed E-state index contributed by atoms with van der Waals surface area (Å²) in [6, 6.07) is 11.6. The number of fused-ring (bicyclic) bond motifs is 1. The van der Waals surface area contributed by atoms with Gasteiger partial charge in [0.25, 0.3) is 5.56 Å². The van der Waals surface area contributed by atoms with Gasteiger partial charge in [0.1, 0.15) is 5.75 Å². The number of hydrogen-bond donors (Lipinski definition) is 0. The molecule has 0 radical (unpaired) electrons. The van der Waals surface area contributed by atoms with Crippen molar-refractivity contribution in [3.8, 4) is 5.75 Å². The summed E-state index contributed by atoms with van der Waals surface area (Å²) < 4.78 is 7.32. The Labute approximate surface area is 154 Å². The van der Waals surface area contributed by atoms with E-state index in [4.69, 9.17) is 4.74 Å². The van der Waals surface area contributed by atoms with E-state index in [1.807, 2.05) is 41.0 Å². The topological polar surface area (TPSA) is 44.1 Å². The molecule has 0 aliphatic heterocycles. The maximum atomic E-state index is 13.3. The number of pyridine rings is 2. The van der Waals surface area contributed by atoms with Gasteiger partial charge < -0.3 is 9.30 Å². The second kappa shape index (κ2) is 8.17. The van der Waals surface area contributed by atoms with Gasteiger partial charge >= 0.3 is 0 Å². The van der Waals surface area contributed by atoms with Crippen LogP contribution >= 0.6 is 0 Å². The summed E-state index contributed by atoms with van der Waals surface area (Å²) in [7, 11) is 1.66. The molecule has 0 amide bonds. The fourth-order valence-corrected chi connectivity index (χ4v) is 3.55. The van der Waals surface area contributed by atoms with Crippen molar-refractivity contribution in [2.45, 2.75) is 46.1 Å². The molecule has 2 heterocycles. The predicted molar refractivity (Wildman–Crippen MR) is 106 cm³/mol. The van der Waals surface area contributed by atoms with Crippen LogP contribution in [-0.4, -0.2) is 16.7 Å². The van der Waals surface area contributed by atoms with E-state index < -0.39 is 0 Å². The molecule has 2 aromatic heterocycles. The van der Waals surface area contributed by atoms with Crippen LogP contribution in [0.2, 0.25) is 0 Å². The molecule has 0 fully saturated rings. The highest BCUT2D eigenvalue weighted by Crippen LogP contribution is 2.27. The zero-order chi connectivity index (χ0) is 18.5. The fraction of sp³-hybridized carbons (Fsp3) is 0.364. The maximum Gasteiger partial charge on any atom is 0.259 e. The number of hydrogen-bond acceptors (Lipinski definition) is 3. The van der Waals surface area contributed by atoms with E-state index in [1.54, 1.807) is 13.3 Å². The minimum Gasteiger partial charge on any atom is -0.497 e. The predicted octanol–water partition coefficient (Wildman–Crippen LogP) is 4.36. The average Bonchev–Trinajstić information content (AvgIpc) is 2.68. The van der Waals surface area contributed by atoms with Crippen LogP contribution < -0.4 is 10.3 Å². The first kappa shape index (κ1) is 18.2. The first-order valence-electron chi connectivity index (χ1n) is 9.31. The van der Waals surface area contributed by atoms with Gasteiger partial charge in [0.2, 0.25) is 0 Å². The lowest BCUT2D eigenvalue weighted by molar-refractivity contribution is 0.415. The van der Waals surface area contributed by atoms with Crippen LogP contribution in [0.25, 0.3) is 10.8 Å². The molecule has 3 rings (SSSR count). The summed E-state index contributed by atoms with van der Waals surface area (Å²) in [5.41, 5.74) is 3.35. The summed E-state index contributed by atoms with van der Waals surface area (Å²) in [4.78, 5) is 17.7. The summed E-state index contributed by atoms with van der Waals surface area (Å²) in [5.74, 6) is 0.791. The van der Waals surface area contributed by atoms with Crippen molar-refractivity contribution in [1.29, 1.82) is 0 Å². The molecule has 0 bridgehead atoms. The molecule has 0 aliphatic rings. The third-order valence-corrected chi connectivity index (χ3v) is 4.73. The molecule has 0 aliphatic carbocycles. The Hall–Kier alpha value is -2.62. The van der Waals surface area contributed by atoms with Gasteiger partial charge in [-0.05, 0) is 54.1 Å². The van der Waals surface area contributed by atoms with Gasteiger partial charge in [0.05, 0.1) is 19.3 Å². The van der Waals surface area contributed by atoms with E-state index in [0.717, 1.165) is 53.6 Å². The number of aromatic nitrogens is 2.